The molecule has 14 heavy (non-hydrogen) atoms. The molecule has 1 unspecified atom stereocenters. The van der Waals surface area contributed by atoms with Crippen molar-refractivity contribution in [2.75, 3.05) is 19.3 Å². The van der Waals surface area contributed by atoms with E-state index < -0.39 is 16.1 Å². The number of hydrogen-bond donors (Lipinski definition) is 2. The van der Waals surface area contributed by atoms with Crippen LogP contribution in [0, 0.1) is 0 Å². The first kappa shape index (κ1) is 11.8. The Bertz CT molecular complexity index is 350. The minimum Gasteiger partial charge on any atom is -0.509 e. The van der Waals surface area contributed by atoms with Crippen molar-refractivity contribution in [1.29, 1.82) is 0 Å². The second-order valence-electron chi connectivity index (χ2n) is 3.01. The van der Waals surface area contributed by atoms with Gasteiger partial charge in [0.2, 0.25) is 0 Å². The molecule has 0 aliphatic carbocycles. The first-order valence-corrected chi connectivity index (χ1v) is 6.61. The lowest BCUT2D eigenvalue weighted by Gasteiger charge is -2.14. The molecule has 0 saturated carbocycles. The van der Waals surface area contributed by atoms with Crippen LogP contribution in [0.5, 0.6) is 0 Å². The molecule has 7 heteroatoms. The van der Waals surface area contributed by atoms with Gasteiger partial charge in [-0.25, -0.2) is 12.7 Å². The van der Waals surface area contributed by atoms with Gasteiger partial charge in [0.05, 0.1) is 6.04 Å². The highest BCUT2D eigenvalue weighted by molar-refractivity contribution is 8.18. The number of rotatable bonds is 3. The molecule has 5 nitrogen and oxygen atoms in total. The highest BCUT2D eigenvalue weighted by Crippen LogP contribution is 2.34. The molecule has 0 saturated heterocycles. The van der Waals surface area contributed by atoms with Gasteiger partial charge in [-0.15, -0.1) is 11.8 Å². The largest absolute Gasteiger partial charge is 0.509 e. The summed E-state index contributed by atoms with van der Waals surface area (Å²) in [6, 6.07) is -0.560. The van der Waals surface area contributed by atoms with Crippen LogP contribution in [0.1, 0.15) is 6.92 Å². The third kappa shape index (κ3) is 1.90. The topological polar surface area (TPSA) is 83.6 Å². The molecule has 1 heterocycles. The number of hydrogen-bond acceptors (Lipinski definition) is 5. The van der Waals surface area contributed by atoms with E-state index in [1.165, 1.54) is 11.4 Å². The van der Waals surface area contributed by atoms with Gasteiger partial charge in [-0.2, -0.15) is 0 Å². The zero-order valence-electron chi connectivity index (χ0n) is 8.10. The van der Waals surface area contributed by atoms with E-state index in [9.17, 15) is 13.5 Å². The van der Waals surface area contributed by atoms with E-state index in [4.69, 9.17) is 5.73 Å². The van der Waals surface area contributed by atoms with Crippen LogP contribution in [0.4, 0.5) is 0 Å². The van der Waals surface area contributed by atoms with E-state index in [1.54, 1.807) is 6.92 Å². The molecule has 0 aromatic rings. The zero-order valence-corrected chi connectivity index (χ0v) is 9.73. The first-order valence-electron chi connectivity index (χ1n) is 4.19. The molecule has 1 aliphatic heterocycles. The van der Waals surface area contributed by atoms with Crippen LogP contribution < -0.4 is 5.73 Å². The van der Waals surface area contributed by atoms with Crippen molar-refractivity contribution in [3.05, 3.63) is 10.00 Å². The van der Waals surface area contributed by atoms with Gasteiger partial charge in [0, 0.05) is 19.3 Å². The molecule has 0 spiro atoms. The predicted octanol–water partition coefficient (Wildman–Crippen LogP) is 0.0691. The van der Waals surface area contributed by atoms with Gasteiger partial charge >= 0.3 is 0 Å². The second kappa shape index (κ2) is 4.09. The quantitative estimate of drug-likeness (QED) is 0.727. The van der Waals surface area contributed by atoms with Crippen LogP contribution in [0.25, 0.3) is 0 Å². The number of aliphatic hydroxyl groups excluding tert-OH is 1. The molecule has 0 amide bonds. The summed E-state index contributed by atoms with van der Waals surface area (Å²) in [6.07, 6.45) is 0. The normalized spacial score (nSPS) is 23.6. The lowest BCUT2D eigenvalue weighted by Crippen LogP contribution is -2.28. The van der Waals surface area contributed by atoms with E-state index in [-0.39, 0.29) is 10.00 Å². The summed E-state index contributed by atoms with van der Waals surface area (Å²) >= 11 is 1.08. The Kier molecular flexibility index (Phi) is 3.46. The maximum Gasteiger partial charge on any atom is 0.252 e. The average Bonchev–Trinajstić information content (AvgIpc) is 2.46. The maximum atomic E-state index is 11.8. The fraction of sp³-hybridized carbons (Fsp3) is 0.714. The maximum absolute atomic E-state index is 11.8. The first-order chi connectivity index (χ1) is 6.41. The van der Waals surface area contributed by atoms with E-state index in [0.717, 1.165) is 11.8 Å². The number of sulfonamides is 1. The molecule has 1 atom stereocenters. The van der Waals surface area contributed by atoms with Gasteiger partial charge in [-0.05, 0) is 0 Å². The van der Waals surface area contributed by atoms with Crippen molar-refractivity contribution in [2.24, 2.45) is 5.73 Å². The molecule has 1 rings (SSSR count). The number of nitrogens with zero attached hydrogens (tertiary/aromatic N) is 1. The third-order valence-corrected chi connectivity index (χ3v) is 5.78. The van der Waals surface area contributed by atoms with Crippen molar-refractivity contribution in [3.8, 4) is 0 Å². The van der Waals surface area contributed by atoms with Gasteiger partial charge in [0.15, 0.2) is 4.24 Å². The predicted molar refractivity (Wildman–Crippen MR) is 57.3 cm³/mol. The standard InChI is InChI=1S/C7H14N2O3S2/c1-3-9(2)14(11,12)7-6(10)5(8)4-13-7/h5,10H,3-4,8H2,1-2H3. The highest BCUT2D eigenvalue weighted by atomic mass is 32.3. The fourth-order valence-electron chi connectivity index (χ4n) is 0.988. The molecule has 1 aliphatic rings. The van der Waals surface area contributed by atoms with E-state index in [1.807, 2.05) is 0 Å². The Morgan fingerprint density at radius 3 is 2.64 bits per heavy atom. The van der Waals surface area contributed by atoms with Crippen molar-refractivity contribution >= 4 is 21.8 Å². The Morgan fingerprint density at radius 2 is 2.29 bits per heavy atom. The van der Waals surface area contributed by atoms with Gasteiger partial charge in [0.25, 0.3) is 10.0 Å². The highest BCUT2D eigenvalue weighted by Gasteiger charge is 2.34. The average molecular weight is 238 g/mol. The molecule has 0 radical (unpaired) electrons. The van der Waals surface area contributed by atoms with Crippen molar-refractivity contribution in [2.45, 2.75) is 13.0 Å². The molecular formula is C7H14N2O3S2. The van der Waals surface area contributed by atoms with E-state index in [0.29, 0.717) is 12.3 Å². The molecule has 0 aromatic heterocycles. The number of nitrogens with two attached hydrogens (primary N) is 1. The summed E-state index contributed by atoms with van der Waals surface area (Å²) in [6.45, 7) is 2.10. The molecule has 0 bridgehead atoms. The molecule has 3 N–H and O–H groups in total. The Labute approximate surface area is 88.0 Å². The van der Waals surface area contributed by atoms with Crippen LogP contribution >= 0.6 is 11.8 Å². The number of aliphatic hydroxyl groups is 1. The Morgan fingerprint density at radius 1 is 1.71 bits per heavy atom. The van der Waals surface area contributed by atoms with Crippen molar-refractivity contribution in [3.63, 3.8) is 0 Å². The lowest BCUT2D eigenvalue weighted by atomic mass is 10.3. The minimum atomic E-state index is -3.52. The van der Waals surface area contributed by atoms with E-state index >= 15 is 0 Å². The molecule has 0 fully saturated rings. The van der Waals surface area contributed by atoms with Crippen LogP contribution in [-0.4, -0.2) is 43.2 Å². The lowest BCUT2D eigenvalue weighted by molar-refractivity contribution is 0.378. The summed E-state index contributed by atoms with van der Waals surface area (Å²) < 4.78 is 24.7. The van der Waals surface area contributed by atoms with Crippen molar-refractivity contribution < 1.29 is 13.5 Å². The summed E-state index contributed by atoms with van der Waals surface area (Å²) in [5, 5.41) is 9.47. The third-order valence-electron chi connectivity index (χ3n) is 2.04. The van der Waals surface area contributed by atoms with Gasteiger partial charge in [-0.3, -0.25) is 0 Å². The zero-order chi connectivity index (χ0) is 10.9. The van der Waals surface area contributed by atoms with Crippen molar-refractivity contribution in [1.82, 2.24) is 4.31 Å². The second-order valence-corrected chi connectivity index (χ2v) is 6.28. The van der Waals surface area contributed by atoms with Gasteiger partial charge in [0.1, 0.15) is 5.76 Å². The molecule has 82 valence electrons. The van der Waals surface area contributed by atoms with Crippen LogP contribution in [0.15, 0.2) is 10.00 Å². The summed E-state index contributed by atoms with van der Waals surface area (Å²) in [7, 11) is -2.05. The molecular weight excluding hydrogens is 224 g/mol. The van der Waals surface area contributed by atoms with E-state index in [2.05, 4.69) is 0 Å². The Hall–Kier alpha value is -0.240. The minimum absolute atomic E-state index is 0.00523. The number of thioether (sulfide) groups is 1. The van der Waals surface area contributed by atoms with Gasteiger partial charge in [-0.1, -0.05) is 6.92 Å². The smallest absolute Gasteiger partial charge is 0.252 e. The summed E-state index contributed by atoms with van der Waals surface area (Å²) in [5.74, 6) is 0.202. The Balaban J connectivity index is 3.06. The SMILES string of the molecule is CCN(C)S(=O)(=O)C1=C(O)C(N)CS1. The summed E-state index contributed by atoms with van der Waals surface area (Å²) in [5.41, 5.74) is 5.50. The van der Waals surface area contributed by atoms with Crippen LogP contribution in [0.3, 0.4) is 0 Å². The fourth-order valence-corrected chi connectivity index (χ4v) is 4.00. The molecule has 0 aromatic carbocycles. The van der Waals surface area contributed by atoms with Crippen LogP contribution in [0.2, 0.25) is 0 Å². The van der Waals surface area contributed by atoms with Crippen LogP contribution in [-0.2, 0) is 10.0 Å². The summed E-state index contributed by atoms with van der Waals surface area (Å²) in [4.78, 5) is 0. The van der Waals surface area contributed by atoms with Gasteiger partial charge < -0.3 is 10.8 Å². The monoisotopic (exact) mass is 238 g/mol.